The summed E-state index contributed by atoms with van der Waals surface area (Å²) in [4.78, 5) is 119. The number of carbonyl (C=O) groups excluding carboxylic acids is 8. The van der Waals surface area contributed by atoms with Crippen LogP contribution in [0.3, 0.4) is 0 Å². The fourth-order valence-corrected chi connectivity index (χ4v) is 10.6. The fourth-order valence-electron chi connectivity index (χ4n) is 10.6. The Morgan fingerprint density at radius 3 is 1.57 bits per heavy atom. The summed E-state index contributed by atoms with van der Waals surface area (Å²) in [5, 5.41) is 25.6. The molecule has 0 heterocycles. The summed E-state index contributed by atoms with van der Waals surface area (Å²) in [6.07, 6.45) is 8.36. The van der Waals surface area contributed by atoms with Crippen molar-refractivity contribution >= 4 is 53.7 Å². The number of unbranched alkanes of at least 4 members (excludes halogenated alkanes) is 1. The highest BCUT2D eigenvalue weighted by Crippen LogP contribution is 2.54. The van der Waals surface area contributed by atoms with E-state index in [0.29, 0.717) is 24.7 Å². The standard InChI is InChI=1S/C50H83N7O13/c1-28(2)21-38(45(62)54-37(47(64)65)16-18-40(51)58)56-46(63)39(22-29(3)4)55-44(61)36(17-19-41(59)68-34-13-9-8-10-14-34)53-43(60)35(57-49(67)70-50(5,6)7)15-11-12-20-52-48(66)69-42-32-24-30-23-31(26-32)27-33(42)25-30/h28-39,42H,8-27H2,1-7H3,(H2,51,58)(H,52,66)(H,53,60)(H,54,62)(H,55,61)(H,56,63)(H,57,67)(H,64,65)/t30?,31?,32?,33?,35-,36-,37-,38-,39-,42?/m0/s1. The zero-order valence-electron chi connectivity index (χ0n) is 42.6. The number of nitrogens with one attached hydrogen (secondary N) is 6. The lowest BCUT2D eigenvalue weighted by molar-refractivity contribution is -0.151. The van der Waals surface area contributed by atoms with Crippen LogP contribution in [0.15, 0.2) is 0 Å². The summed E-state index contributed by atoms with van der Waals surface area (Å²) >= 11 is 0. The van der Waals surface area contributed by atoms with Gasteiger partial charge < -0.3 is 57.0 Å². The van der Waals surface area contributed by atoms with E-state index in [1.807, 2.05) is 13.8 Å². The van der Waals surface area contributed by atoms with Crippen LogP contribution in [-0.4, -0.2) is 113 Å². The molecule has 0 unspecified atom stereocenters. The van der Waals surface area contributed by atoms with Gasteiger partial charge in [-0.1, -0.05) is 34.1 Å². The molecule has 0 saturated heterocycles. The molecule has 5 aliphatic rings. The van der Waals surface area contributed by atoms with Gasteiger partial charge in [0.15, 0.2) is 0 Å². The van der Waals surface area contributed by atoms with Crippen LogP contribution < -0.4 is 37.6 Å². The minimum Gasteiger partial charge on any atom is -0.480 e. The molecule has 0 aromatic carbocycles. The van der Waals surface area contributed by atoms with Gasteiger partial charge in [0.1, 0.15) is 48.0 Å². The van der Waals surface area contributed by atoms with Crippen LogP contribution in [0, 0.1) is 35.5 Å². The Labute approximate surface area is 413 Å². The van der Waals surface area contributed by atoms with Crippen molar-refractivity contribution in [1.29, 1.82) is 0 Å². The number of carboxylic acids is 1. The summed E-state index contributed by atoms with van der Waals surface area (Å²) in [6.45, 7) is 12.5. The van der Waals surface area contributed by atoms with Gasteiger partial charge in [-0.05, 0) is 159 Å². The minimum atomic E-state index is -1.46. The van der Waals surface area contributed by atoms with Crippen molar-refractivity contribution in [2.24, 2.45) is 41.2 Å². The summed E-state index contributed by atoms with van der Waals surface area (Å²) < 4.78 is 17.1. The number of carbonyl (C=O) groups is 9. The second-order valence-electron chi connectivity index (χ2n) is 22.1. The van der Waals surface area contributed by atoms with Gasteiger partial charge in [0, 0.05) is 19.4 Å². The van der Waals surface area contributed by atoms with Gasteiger partial charge in [0.25, 0.3) is 0 Å². The molecule has 5 saturated carbocycles. The normalized spacial score (nSPS) is 22.9. The van der Waals surface area contributed by atoms with Crippen LogP contribution in [-0.2, 0) is 47.8 Å². The molecule has 70 heavy (non-hydrogen) atoms. The SMILES string of the molecule is CC(C)C[C@H](NC(=O)[C@H](CC(C)C)NC(=O)[C@H](CCC(=O)OC1CCCCC1)NC(=O)[C@H](CCCCNC(=O)OC1C2CC3CC(C2)CC1C3)NC(=O)OC(C)(C)C)C(=O)N[C@@H](CCC(N)=O)C(=O)O. The summed E-state index contributed by atoms with van der Waals surface area (Å²) in [5.74, 6) is -3.87. The summed E-state index contributed by atoms with van der Waals surface area (Å²) in [7, 11) is 0. The maximum atomic E-state index is 14.3. The molecule has 5 atom stereocenters. The van der Waals surface area contributed by atoms with Gasteiger partial charge in [0.05, 0.1) is 0 Å². The molecule has 4 bridgehead atoms. The molecule has 0 aromatic heterocycles. The van der Waals surface area contributed by atoms with Crippen LogP contribution in [0.25, 0.3) is 0 Å². The molecule has 396 valence electrons. The number of nitrogens with two attached hydrogens (primary N) is 1. The average Bonchev–Trinajstić information content (AvgIpc) is 3.25. The molecule has 0 aromatic rings. The molecular formula is C50H83N7O13. The number of esters is 1. The highest BCUT2D eigenvalue weighted by molar-refractivity contribution is 5.96. The lowest BCUT2D eigenvalue weighted by Gasteiger charge is -2.53. The number of ether oxygens (including phenoxy) is 3. The van der Waals surface area contributed by atoms with E-state index in [1.54, 1.807) is 34.6 Å². The molecule has 9 N–H and O–H groups in total. The van der Waals surface area contributed by atoms with Crippen LogP contribution >= 0.6 is 0 Å². The van der Waals surface area contributed by atoms with Gasteiger partial charge in [-0.25, -0.2) is 14.4 Å². The van der Waals surface area contributed by atoms with Crippen LogP contribution in [0.4, 0.5) is 9.59 Å². The topological polar surface area (TPSA) is 300 Å². The third kappa shape index (κ3) is 19.9. The molecule has 7 amide bonds. The first-order valence-corrected chi connectivity index (χ1v) is 25.8. The van der Waals surface area contributed by atoms with E-state index in [2.05, 4.69) is 31.9 Å². The van der Waals surface area contributed by atoms with Crippen molar-refractivity contribution in [3.63, 3.8) is 0 Å². The number of hydrogen-bond donors (Lipinski definition) is 8. The van der Waals surface area contributed by atoms with E-state index in [4.69, 9.17) is 19.9 Å². The average molecular weight is 990 g/mol. The van der Waals surface area contributed by atoms with Gasteiger partial charge in [-0.15, -0.1) is 0 Å². The minimum absolute atomic E-state index is 0.0680. The Bertz CT molecular complexity index is 1790. The Balaban J connectivity index is 1.47. The molecule has 0 spiro atoms. The summed E-state index contributed by atoms with van der Waals surface area (Å²) in [5.41, 5.74) is 4.30. The third-order valence-electron chi connectivity index (χ3n) is 13.7. The number of rotatable bonds is 27. The second-order valence-corrected chi connectivity index (χ2v) is 22.1. The van der Waals surface area contributed by atoms with Gasteiger partial charge in [-0.3, -0.25) is 28.8 Å². The van der Waals surface area contributed by atoms with Crippen molar-refractivity contribution < 1.29 is 62.5 Å². The molecule has 5 fully saturated rings. The summed E-state index contributed by atoms with van der Waals surface area (Å²) in [6, 6.07) is -6.58. The number of amides is 7. The molecule has 5 aliphatic carbocycles. The first kappa shape index (κ1) is 57.4. The first-order chi connectivity index (χ1) is 33.0. The zero-order chi connectivity index (χ0) is 51.7. The van der Waals surface area contributed by atoms with Crippen LogP contribution in [0.2, 0.25) is 0 Å². The first-order valence-electron chi connectivity index (χ1n) is 25.8. The molecule has 20 heteroatoms. The van der Waals surface area contributed by atoms with Gasteiger partial charge in [-0.2, -0.15) is 0 Å². The van der Waals surface area contributed by atoms with Crippen LogP contribution in [0.5, 0.6) is 0 Å². The molecule has 5 rings (SSSR count). The number of hydrogen-bond acceptors (Lipinski definition) is 12. The van der Waals surface area contributed by atoms with Crippen LogP contribution in [0.1, 0.15) is 170 Å². The molecular weight excluding hydrogens is 907 g/mol. The van der Waals surface area contributed by atoms with E-state index < -0.39 is 89.5 Å². The lowest BCUT2D eigenvalue weighted by atomic mass is 9.55. The Morgan fingerprint density at radius 2 is 1.07 bits per heavy atom. The van der Waals surface area contributed by atoms with E-state index in [9.17, 15) is 48.3 Å². The smallest absolute Gasteiger partial charge is 0.408 e. The van der Waals surface area contributed by atoms with Gasteiger partial charge >= 0.3 is 24.1 Å². The van der Waals surface area contributed by atoms with Gasteiger partial charge in [0.2, 0.25) is 29.5 Å². The quantitative estimate of drug-likeness (QED) is 0.0317. The number of carboxylic acid groups (broad SMARTS) is 1. The maximum Gasteiger partial charge on any atom is 0.408 e. The highest BCUT2D eigenvalue weighted by atomic mass is 16.6. The van der Waals surface area contributed by atoms with Crippen molar-refractivity contribution in [1.82, 2.24) is 31.9 Å². The van der Waals surface area contributed by atoms with Crippen molar-refractivity contribution in [3.8, 4) is 0 Å². The fraction of sp³-hybridized carbons (Fsp3) is 0.820. The predicted octanol–water partition coefficient (Wildman–Crippen LogP) is 4.64. The van der Waals surface area contributed by atoms with E-state index in [0.717, 1.165) is 69.6 Å². The van der Waals surface area contributed by atoms with E-state index in [1.165, 1.54) is 6.42 Å². The zero-order valence-corrected chi connectivity index (χ0v) is 42.6. The van der Waals surface area contributed by atoms with E-state index in [-0.39, 0.29) is 75.5 Å². The largest absolute Gasteiger partial charge is 0.480 e. The molecule has 0 aliphatic heterocycles. The Morgan fingerprint density at radius 1 is 0.586 bits per heavy atom. The van der Waals surface area contributed by atoms with E-state index >= 15 is 0 Å². The molecule has 20 nitrogen and oxygen atoms in total. The Kier molecular flexibility index (Phi) is 22.5. The lowest BCUT2D eigenvalue weighted by Crippen LogP contribution is -2.59. The highest BCUT2D eigenvalue weighted by Gasteiger charge is 2.50. The monoisotopic (exact) mass is 990 g/mol. The van der Waals surface area contributed by atoms with Crippen molar-refractivity contribution in [2.75, 3.05) is 6.54 Å². The number of alkyl carbamates (subject to hydrolysis) is 2. The number of aliphatic carboxylic acids is 1. The molecule has 0 radical (unpaired) electrons. The van der Waals surface area contributed by atoms with Crippen molar-refractivity contribution in [3.05, 3.63) is 0 Å². The second kappa shape index (κ2) is 27.4. The maximum absolute atomic E-state index is 14.3. The Hall–Kier alpha value is -5.17. The third-order valence-corrected chi connectivity index (χ3v) is 13.7. The van der Waals surface area contributed by atoms with Crippen molar-refractivity contribution in [2.45, 2.75) is 218 Å². The number of primary amides is 1. The predicted molar refractivity (Wildman–Crippen MR) is 257 cm³/mol.